The summed E-state index contributed by atoms with van der Waals surface area (Å²) in [5.74, 6) is 1.59. The molecule has 0 fully saturated rings. The maximum Gasteiger partial charge on any atom is 0.221 e. The maximum atomic E-state index is 11.3. The van der Waals surface area contributed by atoms with Gasteiger partial charge >= 0.3 is 0 Å². The predicted molar refractivity (Wildman–Crippen MR) is 156 cm³/mol. The molecule has 0 aliphatic heterocycles. The Kier molecular flexibility index (Phi) is 8.66. The molecule has 5 rings (SSSR count). The number of fused-ring (bicyclic) bond motifs is 1. The van der Waals surface area contributed by atoms with Gasteiger partial charge in [0.15, 0.2) is 0 Å². The average molecular weight is 519 g/mol. The molecule has 4 aromatic carbocycles. The third-order valence-electron chi connectivity index (χ3n) is 6.82. The van der Waals surface area contributed by atoms with Gasteiger partial charge in [-0.25, -0.2) is 4.98 Å². The number of primary amides is 1. The van der Waals surface area contributed by atoms with Crippen molar-refractivity contribution in [3.8, 4) is 5.75 Å². The molecule has 0 unspecified atom stereocenters. The van der Waals surface area contributed by atoms with Crippen LogP contribution in [-0.4, -0.2) is 40.5 Å². The first-order chi connectivity index (χ1) is 19.1. The summed E-state index contributed by atoms with van der Waals surface area (Å²) in [5.41, 5.74) is 10.8. The van der Waals surface area contributed by atoms with E-state index in [0.717, 1.165) is 47.7 Å². The third kappa shape index (κ3) is 7.33. The maximum absolute atomic E-state index is 11.3. The first kappa shape index (κ1) is 26.2. The van der Waals surface area contributed by atoms with Crippen molar-refractivity contribution in [2.24, 2.45) is 5.73 Å². The van der Waals surface area contributed by atoms with Crippen molar-refractivity contribution in [2.45, 2.75) is 25.3 Å². The summed E-state index contributed by atoms with van der Waals surface area (Å²) in [4.78, 5) is 22.1. The molecule has 1 aromatic heterocycles. The van der Waals surface area contributed by atoms with Crippen LogP contribution in [0.15, 0.2) is 109 Å². The molecule has 0 radical (unpaired) electrons. The van der Waals surface area contributed by atoms with Crippen molar-refractivity contribution in [2.75, 3.05) is 19.7 Å². The van der Waals surface area contributed by atoms with Gasteiger partial charge in [0, 0.05) is 19.0 Å². The quantitative estimate of drug-likeness (QED) is 0.196. The zero-order valence-electron chi connectivity index (χ0n) is 22.0. The second-order valence-corrected chi connectivity index (χ2v) is 9.80. The molecule has 6 heteroatoms. The topological polar surface area (TPSA) is 84.2 Å². The summed E-state index contributed by atoms with van der Waals surface area (Å²) in [6.07, 6.45) is 1.05. The highest BCUT2D eigenvalue weighted by molar-refractivity contribution is 5.76. The van der Waals surface area contributed by atoms with Crippen LogP contribution in [0.3, 0.4) is 0 Å². The second-order valence-electron chi connectivity index (χ2n) is 9.80. The van der Waals surface area contributed by atoms with Gasteiger partial charge < -0.3 is 15.5 Å². The summed E-state index contributed by atoms with van der Waals surface area (Å²) in [5, 5.41) is 0. The lowest BCUT2D eigenvalue weighted by Gasteiger charge is -2.28. The van der Waals surface area contributed by atoms with Crippen molar-refractivity contribution in [3.63, 3.8) is 0 Å². The van der Waals surface area contributed by atoms with E-state index >= 15 is 0 Å². The number of aromatic nitrogens is 2. The number of carbonyl (C=O) groups excluding carboxylic acids is 1. The summed E-state index contributed by atoms with van der Waals surface area (Å²) in [6.45, 7) is 2.96. The molecule has 198 valence electrons. The Balaban J connectivity index is 1.31. The second kappa shape index (κ2) is 12.9. The number of ether oxygens (including phenoxy) is 1. The fraction of sp³-hybridized carbons (Fsp3) is 0.212. The molecule has 39 heavy (non-hydrogen) atoms. The third-order valence-corrected chi connectivity index (χ3v) is 6.82. The van der Waals surface area contributed by atoms with Crippen molar-refractivity contribution >= 4 is 16.9 Å². The van der Waals surface area contributed by atoms with E-state index in [9.17, 15) is 4.79 Å². The molecule has 0 bridgehead atoms. The highest BCUT2D eigenvalue weighted by atomic mass is 16.5. The molecule has 5 aromatic rings. The van der Waals surface area contributed by atoms with E-state index in [2.05, 4.69) is 76.6 Å². The molecule has 1 heterocycles. The lowest BCUT2D eigenvalue weighted by molar-refractivity contribution is -0.117. The van der Waals surface area contributed by atoms with Crippen LogP contribution < -0.4 is 10.5 Å². The van der Waals surface area contributed by atoms with Gasteiger partial charge in [0.1, 0.15) is 11.6 Å². The number of nitrogens with zero attached hydrogens (tertiary/aromatic N) is 2. The van der Waals surface area contributed by atoms with E-state index in [0.29, 0.717) is 13.2 Å². The minimum Gasteiger partial charge on any atom is -0.494 e. The summed E-state index contributed by atoms with van der Waals surface area (Å²) in [6, 6.07) is 37.1. The molecule has 0 saturated carbocycles. The largest absolute Gasteiger partial charge is 0.494 e. The van der Waals surface area contributed by atoms with Crippen LogP contribution in [0.5, 0.6) is 5.75 Å². The summed E-state index contributed by atoms with van der Waals surface area (Å²) in [7, 11) is 0. The molecule has 0 saturated heterocycles. The number of hydrogen-bond acceptors (Lipinski definition) is 4. The van der Waals surface area contributed by atoms with E-state index in [4.69, 9.17) is 15.5 Å². The minimum absolute atomic E-state index is 0.211. The summed E-state index contributed by atoms with van der Waals surface area (Å²) >= 11 is 0. The number of benzene rings is 4. The van der Waals surface area contributed by atoms with Gasteiger partial charge in [-0.15, -0.1) is 0 Å². The molecular weight excluding hydrogens is 484 g/mol. The van der Waals surface area contributed by atoms with Gasteiger partial charge in [-0.1, -0.05) is 84.9 Å². The van der Waals surface area contributed by atoms with Crippen molar-refractivity contribution in [3.05, 3.63) is 132 Å². The first-order valence-electron chi connectivity index (χ1n) is 13.4. The number of H-pyrrole nitrogens is 1. The van der Waals surface area contributed by atoms with Crippen molar-refractivity contribution < 1.29 is 9.53 Å². The fourth-order valence-corrected chi connectivity index (χ4v) is 4.98. The zero-order chi connectivity index (χ0) is 26.9. The van der Waals surface area contributed by atoms with Gasteiger partial charge in [0.25, 0.3) is 0 Å². The van der Waals surface area contributed by atoms with Crippen LogP contribution >= 0.6 is 0 Å². The van der Waals surface area contributed by atoms with E-state index in [1.165, 1.54) is 11.1 Å². The smallest absolute Gasteiger partial charge is 0.221 e. The Labute approximate surface area is 229 Å². The van der Waals surface area contributed by atoms with E-state index in [1.54, 1.807) is 0 Å². The van der Waals surface area contributed by atoms with Gasteiger partial charge in [0.2, 0.25) is 5.91 Å². The number of imidazole rings is 1. The Bertz CT molecular complexity index is 1410. The number of nitrogens with one attached hydrogen (secondary N) is 1. The average Bonchev–Trinajstić information content (AvgIpc) is 3.37. The number of carbonyl (C=O) groups is 1. The number of amides is 1. The molecule has 0 atom stereocenters. The lowest BCUT2D eigenvalue weighted by Crippen LogP contribution is -2.31. The first-order valence-corrected chi connectivity index (χ1v) is 13.4. The highest BCUT2D eigenvalue weighted by Crippen LogP contribution is 2.26. The van der Waals surface area contributed by atoms with Crippen LogP contribution in [0, 0.1) is 0 Å². The van der Waals surface area contributed by atoms with E-state index in [-0.39, 0.29) is 18.2 Å². The van der Waals surface area contributed by atoms with Gasteiger partial charge in [-0.05, 0) is 47.4 Å². The van der Waals surface area contributed by atoms with Crippen LogP contribution in [-0.2, 0) is 17.8 Å². The van der Waals surface area contributed by atoms with Gasteiger partial charge in [-0.3, -0.25) is 9.69 Å². The number of para-hydroxylation sites is 2. The molecule has 0 aliphatic carbocycles. The molecular formula is C33H34N4O2. The van der Waals surface area contributed by atoms with Gasteiger partial charge in [-0.2, -0.15) is 0 Å². The number of rotatable bonds is 13. The normalized spacial score (nSPS) is 11.3. The SMILES string of the molecule is NC(=O)Cc1cccc(OCCCN(Cc2nc3ccccc3[nH]2)CC(c2ccccc2)c2ccccc2)c1. The van der Waals surface area contributed by atoms with Crippen LogP contribution in [0.4, 0.5) is 0 Å². The van der Waals surface area contributed by atoms with Crippen molar-refractivity contribution in [1.82, 2.24) is 14.9 Å². The Morgan fingerprint density at radius 3 is 2.26 bits per heavy atom. The molecule has 3 N–H and O–H groups in total. The molecule has 1 amide bonds. The van der Waals surface area contributed by atoms with Crippen LogP contribution in [0.2, 0.25) is 0 Å². The van der Waals surface area contributed by atoms with Crippen LogP contribution in [0.1, 0.15) is 34.9 Å². The Hall–Kier alpha value is -4.42. The van der Waals surface area contributed by atoms with Crippen molar-refractivity contribution in [1.29, 1.82) is 0 Å². The molecule has 0 spiro atoms. The zero-order valence-corrected chi connectivity index (χ0v) is 22.0. The monoisotopic (exact) mass is 518 g/mol. The highest BCUT2D eigenvalue weighted by Gasteiger charge is 2.19. The molecule has 6 nitrogen and oxygen atoms in total. The molecule has 0 aliphatic rings. The van der Waals surface area contributed by atoms with E-state index < -0.39 is 0 Å². The van der Waals surface area contributed by atoms with E-state index in [1.807, 2.05) is 42.5 Å². The minimum atomic E-state index is -0.347. The lowest BCUT2D eigenvalue weighted by atomic mass is 9.90. The fourth-order valence-electron chi connectivity index (χ4n) is 4.98. The van der Waals surface area contributed by atoms with Crippen LogP contribution in [0.25, 0.3) is 11.0 Å². The van der Waals surface area contributed by atoms with Gasteiger partial charge in [0.05, 0.1) is 30.6 Å². The Morgan fingerprint density at radius 1 is 0.872 bits per heavy atom. The predicted octanol–water partition coefficient (Wildman–Crippen LogP) is 5.69. The standard InChI is InChI=1S/C33H34N4O2/c34-32(38)22-25-11-9-16-28(21-25)39-20-10-19-37(24-33-35-30-17-7-8-18-31(30)36-33)23-29(26-12-3-1-4-13-26)27-14-5-2-6-15-27/h1-9,11-18,21,29H,10,19-20,22-24H2,(H2,34,38)(H,35,36). The summed E-state index contributed by atoms with van der Waals surface area (Å²) < 4.78 is 6.05. The number of aromatic amines is 1. The number of nitrogens with two attached hydrogens (primary N) is 1. The Morgan fingerprint density at radius 2 is 1.56 bits per heavy atom. The number of hydrogen-bond donors (Lipinski definition) is 2.